The molecule has 0 fully saturated rings. The maximum Gasteiger partial charge on any atom is 0.220 e. The number of carbonyl (C=O) groups excluding carboxylic acids is 1. The number of nitrogens with two attached hydrogens (primary N) is 1. The minimum atomic E-state index is -0.231. The van der Waals surface area contributed by atoms with Gasteiger partial charge in [-0.2, -0.15) is 0 Å². The number of allylic oxidation sites excluding steroid dienone is 8. The van der Waals surface area contributed by atoms with Gasteiger partial charge >= 0.3 is 0 Å². The smallest absolute Gasteiger partial charge is 0.220 e. The summed E-state index contributed by atoms with van der Waals surface area (Å²) in [6.45, 7) is 0. The van der Waals surface area contributed by atoms with Crippen LogP contribution in [0.4, 0.5) is 5.95 Å². The molecule has 0 amide bonds. The van der Waals surface area contributed by atoms with Gasteiger partial charge < -0.3 is 5.73 Å². The van der Waals surface area contributed by atoms with Crippen LogP contribution in [0.2, 0.25) is 0 Å². The summed E-state index contributed by atoms with van der Waals surface area (Å²) in [5, 5.41) is 0. The number of rotatable bonds is 2. The topological polar surface area (TPSA) is 68.9 Å². The fourth-order valence-corrected chi connectivity index (χ4v) is 4.33. The second-order valence-electron chi connectivity index (χ2n) is 7.09. The Hall–Kier alpha value is -3.27. The van der Waals surface area contributed by atoms with Gasteiger partial charge in [0.05, 0.1) is 22.9 Å². The van der Waals surface area contributed by atoms with Crippen LogP contribution < -0.4 is 5.73 Å². The van der Waals surface area contributed by atoms with E-state index in [1.165, 1.54) is 11.1 Å². The Morgan fingerprint density at radius 1 is 1.04 bits per heavy atom. The van der Waals surface area contributed by atoms with Crippen molar-refractivity contribution in [2.75, 3.05) is 5.73 Å². The largest absolute Gasteiger partial charge is 0.368 e. The molecule has 0 spiro atoms. The molecular weight excluding hydrogens is 334 g/mol. The predicted molar refractivity (Wildman–Crippen MR) is 106 cm³/mol. The third-order valence-corrected chi connectivity index (χ3v) is 5.52. The summed E-state index contributed by atoms with van der Waals surface area (Å²) >= 11 is 0. The highest BCUT2D eigenvalue weighted by atomic mass is 16.1. The lowest BCUT2D eigenvalue weighted by Crippen LogP contribution is -2.17. The van der Waals surface area contributed by atoms with E-state index >= 15 is 0 Å². The van der Waals surface area contributed by atoms with E-state index < -0.39 is 0 Å². The van der Waals surface area contributed by atoms with Crippen molar-refractivity contribution in [2.24, 2.45) is 5.92 Å². The Bertz CT molecular complexity index is 1060. The number of ketones is 1. The van der Waals surface area contributed by atoms with E-state index in [1.54, 1.807) is 0 Å². The van der Waals surface area contributed by atoms with Crippen molar-refractivity contribution in [3.8, 4) is 11.3 Å². The molecule has 2 atom stereocenters. The lowest BCUT2D eigenvalue weighted by molar-refractivity contribution is 0.0954. The lowest BCUT2D eigenvalue weighted by Gasteiger charge is -2.25. The number of carbonyl (C=O) groups is 1. The maximum atomic E-state index is 13.3. The predicted octanol–water partition coefficient (Wildman–Crippen LogP) is 4.39. The van der Waals surface area contributed by atoms with E-state index in [-0.39, 0.29) is 23.6 Å². The van der Waals surface area contributed by atoms with E-state index in [4.69, 9.17) is 5.73 Å². The average Bonchev–Trinajstić information content (AvgIpc) is 3.01. The quantitative estimate of drug-likeness (QED) is 0.869. The zero-order valence-electron chi connectivity index (χ0n) is 14.8. The molecule has 4 heteroatoms. The van der Waals surface area contributed by atoms with Crippen molar-refractivity contribution in [1.82, 2.24) is 9.97 Å². The first-order chi connectivity index (χ1) is 13.2. The number of aromatic nitrogens is 2. The van der Waals surface area contributed by atoms with Crippen LogP contribution in [-0.4, -0.2) is 15.8 Å². The van der Waals surface area contributed by atoms with Crippen molar-refractivity contribution in [2.45, 2.75) is 18.8 Å². The van der Waals surface area contributed by atoms with Crippen molar-refractivity contribution in [3.05, 3.63) is 89.2 Å². The van der Waals surface area contributed by atoms with E-state index in [2.05, 4.69) is 34.3 Å². The Kier molecular flexibility index (Phi) is 3.64. The summed E-state index contributed by atoms with van der Waals surface area (Å²) in [6, 6.07) is 9.74. The van der Waals surface area contributed by atoms with Gasteiger partial charge in [0.1, 0.15) is 0 Å². The summed E-state index contributed by atoms with van der Waals surface area (Å²) in [5.74, 6) is -0.0106. The molecule has 1 aromatic carbocycles. The number of hydrogen-bond acceptors (Lipinski definition) is 4. The van der Waals surface area contributed by atoms with Crippen LogP contribution in [0.25, 0.3) is 11.3 Å². The standard InChI is InChI=1S/C23H19N3O/c24-23-25-20(15-10-5-2-6-11-15)19-21(26-23)18-16(14-8-3-1-4-9-14)12-7-13-17(18)22(19)27/h1-3,5-8,10-13,17-18H,4,9H2,(H2,24,25,26). The monoisotopic (exact) mass is 353 g/mol. The number of Topliss-reactive ketones (excluding diaryl/α,β-unsaturated/α-hetero) is 1. The van der Waals surface area contributed by atoms with Crippen LogP contribution in [0, 0.1) is 5.92 Å². The third kappa shape index (κ3) is 2.48. The minimum Gasteiger partial charge on any atom is -0.368 e. The van der Waals surface area contributed by atoms with Crippen LogP contribution in [0.3, 0.4) is 0 Å². The Labute approximate surface area is 157 Å². The highest BCUT2D eigenvalue weighted by Gasteiger charge is 2.45. The molecule has 0 bridgehead atoms. The number of fused-ring (bicyclic) bond motifs is 3. The summed E-state index contributed by atoms with van der Waals surface area (Å²) in [6.07, 6.45) is 14.5. The molecule has 5 rings (SSSR count). The molecule has 0 radical (unpaired) electrons. The summed E-state index contributed by atoms with van der Waals surface area (Å²) in [4.78, 5) is 22.3. The highest BCUT2D eigenvalue weighted by molar-refractivity contribution is 6.09. The SMILES string of the molecule is Nc1nc(-c2ccccc2)c2c(n1)C1C(C3=CC=CCC3)=CC=CC1C2=O. The first-order valence-electron chi connectivity index (χ1n) is 9.25. The molecule has 1 heterocycles. The Morgan fingerprint density at radius 2 is 1.89 bits per heavy atom. The second-order valence-corrected chi connectivity index (χ2v) is 7.09. The van der Waals surface area contributed by atoms with Gasteiger partial charge in [0.2, 0.25) is 5.95 Å². The molecule has 27 heavy (non-hydrogen) atoms. The first kappa shape index (κ1) is 15.9. The van der Waals surface area contributed by atoms with Crippen molar-refractivity contribution < 1.29 is 4.79 Å². The van der Waals surface area contributed by atoms with Gasteiger partial charge in [-0.3, -0.25) is 4.79 Å². The number of nitrogens with zero attached hydrogens (tertiary/aromatic N) is 2. The van der Waals surface area contributed by atoms with Crippen molar-refractivity contribution in [1.29, 1.82) is 0 Å². The van der Waals surface area contributed by atoms with Gasteiger partial charge in [-0.1, -0.05) is 66.8 Å². The molecule has 2 unspecified atom stereocenters. The molecular formula is C23H19N3O. The van der Waals surface area contributed by atoms with Gasteiger partial charge in [-0.15, -0.1) is 0 Å². The molecule has 3 aliphatic rings. The van der Waals surface area contributed by atoms with Crippen molar-refractivity contribution >= 4 is 11.7 Å². The summed E-state index contributed by atoms with van der Waals surface area (Å²) in [5.41, 5.74) is 11.4. The van der Waals surface area contributed by atoms with E-state index in [0.717, 1.165) is 24.1 Å². The van der Waals surface area contributed by atoms with Gasteiger partial charge in [-0.05, 0) is 24.0 Å². The maximum absolute atomic E-state index is 13.3. The molecule has 0 aliphatic heterocycles. The van der Waals surface area contributed by atoms with Crippen LogP contribution in [0.5, 0.6) is 0 Å². The molecule has 1 aromatic heterocycles. The molecule has 4 nitrogen and oxygen atoms in total. The molecule has 132 valence electrons. The van der Waals surface area contributed by atoms with E-state index in [1.807, 2.05) is 42.5 Å². The van der Waals surface area contributed by atoms with E-state index in [0.29, 0.717) is 11.3 Å². The first-order valence-corrected chi connectivity index (χ1v) is 9.25. The Balaban J connectivity index is 1.71. The molecule has 2 N–H and O–H groups in total. The van der Waals surface area contributed by atoms with Crippen molar-refractivity contribution in [3.63, 3.8) is 0 Å². The molecule has 0 saturated carbocycles. The van der Waals surface area contributed by atoms with E-state index in [9.17, 15) is 4.79 Å². The number of nitrogen functional groups attached to an aromatic ring is 1. The Morgan fingerprint density at radius 3 is 2.67 bits per heavy atom. The zero-order valence-corrected chi connectivity index (χ0v) is 14.8. The van der Waals surface area contributed by atoms with Gasteiger partial charge in [0.25, 0.3) is 0 Å². The van der Waals surface area contributed by atoms with Gasteiger partial charge in [0, 0.05) is 11.5 Å². The summed E-state index contributed by atoms with van der Waals surface area (Å²) in [7, 11) is 0. The lowest BCUT2D eigenvalue weighted by atomic mass is 9.78. The number of benzene rings is 1. The fourth-order valence-electron chi connectivity index (χ4n) is 4.33. The molecule has 3 aliphatic carbocycles. The molecule has 0 saturated heterocycles. The fraction of sp³-hybridized carbons (Fsp3) is 0.174. The van der Waals surface area contributed by atoms with Crippen LogP contribution in [0.1, 0.15) is 34.8 Å². The summed E-state index contributed by atoms with van der Waals surface area (Å²) < 4.78 is 0. The highest BCUT2D eigenvalue weighted by Crippen LogP contribution is 2.49. The molecule has 2 aromatic rings. The average molecular weight is 353 g/mol. The zero-order chi connectivity index (χ0) is 18.4. The number of anilines is 1. The minimum absolute atomic E-state index is 0.0805. The third-order valence-electron chi connectivity index (χ3n) is 5.52. The van der Waals surface area contributed by atoms with Gasteiger partial charge in [-0.25, -0.2) is 9.97 Å². The van der Waals surface area contributed by atoms with Crippen LogP contribution in [0.15, 0.2) is 77.9 Å². The second kappa shape index (κ2) is 6.16. The van der Waals surface area contributed by atoms with Crippen LogP contribution in [-0.2, 0) is 0 Å². The van der Waals surface area contributed by atoms with Gasteiger partial charge in [0.15, 0.2) is 5.78 Å². The normalized spacial score (nSPS) is 22.9. The number of hydrogen-bond donors (Lipinski definition) is 1. The van der Waals surface area contributed by atoms with Crippen LogP contribution >= 0.6 is 0 Å².